The molecule has 0 radical (unpaired) electrons. The minimum absolute atomic E-state index is 0.0519. The van der Waals surface area contributed by atoms with Gasteiger partial charge in [0.25, 0.3) is 5.69 Å². The molecule has 1 aromatic heterocycles. The van der Waals surface area contributed by atoms with Crippen molar-refractivity contribution in [3.05, 3.63) is 57.5 Å². The summed E-state index contributed by atoms with van der Waals surface area (Å²) >= 11 is 0. The van der Waals surface area contributed by atoms with Gasteiger partial charge in [-0.05, 0) is 18.9 Å². The zero-order chi connectivity index (χ0) is 20.8. The molecule has 2 heterocycles. The first kappa shape index (κ1) is 20.5. The maximum absolute atomic E-state index is 12.9. The van der Waals surface area contributed by atoms with Gasteiger partial charge < -0.3 is 10.1 Å². The van der Waals surface area contributed by atoms with E-state index in [1.54, 1.807) is 23.7 Å². The van der Waals surface area contributed by atoms with E-state index >= 15 is 0 Å². The SMILES string of the molecule is CCCCCCCOC(=O)C1=C(C)Nc2ncnn2[C@H]1c1cccc([N+](=O)[O-])c1. The van der Waals surface area contributed by atoms with E-state index in [0.29, 0.717) is 29.4 Å². The van der Waals surface area contributed by atoms with Crippen LogP contribution in [0, 0.1) is 10.1 Å². The van der Waals surface area contributed by atoms with Gasteiger partial charge in [-0.3, -0.25) is 10.1 Å². The summed E-state index contributed by atoms with van der Waals surface area (Å²) < 4.78 is 7.07. The molecule has 0 saturated carbocycles. The number of nitro groups is 1. The number of esters is 1. The van der Waals surface area contributed by atoms with E-state index in [2.05, 4.69) is 22.3 Å². The van der Waals surface area contributed by atoms with Crippen LogP contribution in [0.1, 0.15) is 57.6 Å². The van der Waals surface area contributed by atoms with Crippen LogP contribution in [-0.2, 0) is 9.53 Å². The summed E-state index contributed by atoms with van der Waals surface area (Å²) in [7, 11) is 0. The third-order valence-corrected chi connectivity index (χ3v) is 4.89. The molecule has 0 bridgehead atoms. The fourth-order valence-electron chi connectivity index (χ4n) is 3.42. The molecule has 0 fully saturated rings. The number of nitrogens with zero attached hydrogens (tertiary/aromatic N) is 4. The summed E-state index contributed by atoms with van der Waals surface area (Å²) in [5.41, 5.74) is 1.49. The summed E-state index contributed by atoms with van der Waals surface area (Å²) in [5.74, 6) is 0.0123. The summed E-state index contributed by atoms with van der Waals surface area (Å²) in [6, 6.07) is 5.55. The summed E-state index contributed by atoms with van der Waals surface area (Å²) in [6.45, 7) is 4.25. The largest absolute Gasteiger partial charge is 0.462 e. The highest BCUT2D eigenvalue weighted by atomic mass is 16.6. The van der Waals surface area contributed by atoms with Gasteiger partial charge in [0, 0.05) is 17.8 Å². The first-order valence-electron chi connectivity index (χ1n) is 9.81. The second-order valence-corrected chi connectivity index (χ2v) is 7.00. The Labute approximate surface area is 168 Å². The molecule has 1 aromatic carbocycles. The van der Waals surface area contributed by atoms with Crippen molar-refractivity contribution in [3.8, 4) is 0 Å². The second kappa shape index (κ2) is 9.31. The first-order valence-corrected chi connectivity index (χ1v) is 9.81. The maximum atomic E-state index is 12.9. The van der Waals surface area contributed by atoms with E-state index < -0.39 is 16.9 Å². The average Bonchev–Trinajstić information content (AvgIpc) is 3.17. The summed E-state index contributed by atoms with van der Waals surface area (Å²) in [6.07, 6.45) is 6.65. The molecule has 0 saturated heterocycles. The number of aromatic nitrogens is 3. The third kappa shape index (κ3) is 4.61. The van der Waals surface area contributed by atoms with Crippen LogP contribution in [0.5, 0.6) is 0 Å². The summed E-state index contributed by atoms with van der Waals surface area (Å²) in [4.78, 5) is 27.8. The Kier molecular flexibility index (Phi) is 6.58. The topological polar surface area (TPSA) is 112 Å². The summed E-state index contributed by atoms with van der Waals surface area (Å²) in [5, 5.41) is 18.5. The molecule has 9 nitrogen and oxygen atoms in total. The van der Waals surface area contributed by atoms with Gasteiger partial charge in [-0.25, -0.2) is 9.48 Å². The molecule has 9 heteroatoms. The Bertz CT molecular complexity index is 921. The molecule has 29 heavy (non-hydrogen) atoms. The Morgan fingerprint density at radius 2 is 2.10 bits per heavy atom. The average molecular weight is 399 g/mol. The van der Waals surface area contributed by atoms with Crippen molar-refractivity contribution >= 4 is 17.6 Å². The number of hydrogen-bond acceptors (Lipinski definition) is 7. The molecule has 3 rings (SSSR count). The Morgan fingerprint density at radius 3 is 2.86 bits per heavy atom. The molecule has 0 unspecified atom stereocenters. The maximum Gasteiger partial charge on any atom is 0.338 e. The molecule has 1 aliphatic rings. The highest BCUT2D eigenvalue weighted by Gasteiger charge is 2.34. The smallest absolute Gasteiger partial charge is 0.338 e. The zero-order valence-corrected chi connectivity index (χ0v) is 16.6. The number of allylic oxidation sites excluding steroid dienone is 1. The second-order valence-electron chi connectivity index (χ2n) is 7.00. The van der Waals surface area contributed by atoms with Crippen molar-refractivity contribution in [1.29, 1.82) is 0 Å². The lowest BCUT2D eigenvalue weighted by Crippen LogP contribution is -2.29. The number of benzene rings is 1. The quantitative estimate of drug-likeness (QED) is 0.294. The van der Waals surface area contributed by atoms with Crippen LogP contribution >= 0.6 is 0 Å². The van der Waals surface area contributed by atoms with Crippen molar-refractivity contribution in [2.24, 2.45) is 0 Å². The van der Waals surface area contributed by atoms with E-state index in [4.69, 9.17) is 4.74 Å². The molecule has 1 N–H and O–H groups in total. The molecule has 154 valence electrons. The van der Waals surface area contributed by atoms with Crippen LogP contribution in [-0.4, -0.2) is 32.3 Å². The molecule has 0 aliphatic carbocycles. The number of ether oxygens (including phenoxy) is 1. The van der Waals surface area contributed by atoms with Crippen LogP contribution < -0.4 is 5.32 Å². The zero-order valence-electron chi connectivity index (χ0n) is 16.6. The number of unbranched alkanes of at least 4 members (excludes halogenated alkanes) is 4. The van der Waals surface area contributed by atoms with Crippen LogP contribution in [0.2, 0.25) is 0 Å². The molecule has 1 atom stereocenters. The third-order valence-electron chi connectivity index (χ3n) is 4.89. The highest BCUT2D eigenvalue weighted by Crippen LogP contribution is 2.36. The predicted molar refractivity (Wildman–Crippen MR) is 107 cm³/mol. The van der Waals surface area contributed by atoms with Crippen LogP contribution in [0.3, 0.4) is 0 Å². The lowest BCUT2D eigenvalue weighted by molar-refractivity contribution is -0.384. The number of carbonyl (C=O) groups excluding carboxylic acids is 1. The minimum atomic E-state index is -0.652. The van der Waals surface area contributed by atoms with Gasteiger partial charge in [0.1, 0.15) is 12.4 Å². The lowest BCUT2D eigenvalue weighted by atomic mass is 9.95. The Morgan fingerprint density at radius 1 is 1.31 bits per heavy atom. The molecular weight excluding hydrogens is 374 g/mol. The fraction of sp³-hybridized carbons (Fsp3) is 0.450. The highest BCUT2D eigenvalue weighted by molar-refractivity contribution is 5.92. The van der Waals surface area contributed by atoms with Crippen LogP contribution in [0.25, 0.3) is 0 Å². The number of nitro benzene ring substituents is 1. The van der Waals surface area contributed by atoms with Gasteiger partial charge in [0.05, 0.1) is 17.1 Å². The number of carbonyl (C=O) groups is 1. The van der Waals surface area contributed by atoms with E-state index in [0.717, 1.165) is 25.7 Å². The van der Waals surface area contributed by atoms with Gasteiger partial charge in [0.15, 0.2) is 0 Å². The molecular formula is C20H25N5O4. The van der Waals surface area contributed by atoms with Crippen molar-refractivity contribution in [3.63, 3.8) is 0 Å². The van der Waals surface area contributed by atoms with Crippen LogP contribution in [0.4, 0.5) is 11.6 Å². The van der Waals surface area contributed by atoms with Crippen LogP contribution in [0.15, 0.2) is 41.9 Å². The number of anilines is 1. The van der Waals surface area contributed by atoms with Gasteiger partial charge in [-0.2, -0.15) is 10.1 Å². The number of nitrogens with one attached hydrogen (secondary N) is 1. The lowest BCUT2D eigenvalue weighted by Gasteiger charge is -2.28. The van der Waals surface area contributed by atoms with Crippen molar-refractivity contribution in [1.82, 2.24) is 14.8 Å². The van der Waals surface area contributed by atoms with Crippen molar-refractivity contribution in [2.45, 2.75) is 52.0 Å². The van der Waals surface area contributed by atoms with Crippen molar-refractivity contribution in [2.75, 3.05) is 11.9 Å². The monoisotopic (exact) mass is 399 g/mol. The number of non-ortho nitro benzene ring substituents is 1. The molecule has 0 spiro atoms. The number of hydrogen-bond donors (Lipinski definition) is 1. The fourth-order valence-corrected chi connectivity index (χ4v) is 3.42. The normalized spacial score (nSPS) is 15.6. The van der Waals surface area contributed by atoms with E-state index in [1.807, 2.05) is 0 Å². The van der Waals surface area contributed by atoms with Gasteiger partial charge in [0.2, 0.25) is 5.95 Å². The first-order chi connectivity index (χ1) is 14.0. The number of rotatable bonds is 9. The van der Waals surface area contributed by atoms with Gasteiger partial charge in [-0.1, -0.05) is 44.7 Å². The Balaban J connectivity index is 1.85. The van der Waals surface area contributed by atoms with Gasteiger partial charge >= 0.3 is 5.97 Å². The predicted octanol–water partition coefficient (Wildman–Crippen LogP) is 3.99. The number of fused-ring (bicyclic) bond motifs is 1. The Hall–Kier alpha value is -3.23. The standard InChI is InChI=1S/C20H25N5O4/c1-3-4-5-6-7-11-29-19(26)17-14(2)23-20-21-13-22-24(20)18(17)15-9-8-10-16(12-15)25(27)28/h8-10,12-13,18H,3-7,11H2,1-2H3,(H,21,22,23)/t18-/m0/s1. The molecule has 0 amide bonds. The van der Waals surface area contributed by atoms with E-state index in [1.165, 1.54) is 24.9 Å². The minimum Gasteiger partial charge on any atom is -0.462 e. The van der Waals surface area contributed by atoms with Crippen molar-refractivity contribution < 1.29 is 14.5 Å². The molecule has 1 aliphatic heterocycles. The molecule has 2 aromatic rings. The van der Waals surface area contributed by atoms with E-state index in [9.17, 15) is 14.9 Å². The van der Waals surface area contributed by atoms with Gasteiger partial charge in [-0.15, -0.1) is 0 Å². The van der Waals surface area contributed by atoms with E-state index in [-0.39, 0.29) is 5.69 Å².